The summed E-state index contributed by atoms with van der Waals surface area (Å²) in [4.78, 5) is 2.57. The van der Waals surface area contributed by atoms with Gasteiger partial charge in [0.25, 0.3) is 0 Å². The number of hydrogen-bond donors (Lipinski definition) is 1. The van der Waals surface area contributed by atoms with Crippen molar-refractivity contribution in [2.45, 2.75) is 25.8 Å². The van der Waals surface area contributed by atoms with Crippen LogP contribution in [0.5, 0.6) is 0 Å². The molecular weight excluding hydrogens is 216 g/mol. The van der Waals surface area contributed by atoms with Crippen LogP contribution in [0.15, 0.2) is 16.8 Å². The SMILES string of the molecule is CCN1CC(Cc2ccsc2)CC(NC)C1. The first kappa shape index (κ1) is 12.1. The van der Waals surface area contributed by atoms with E-state index in [1.807, 2.05) is 11.3 Å². The van der Waals surface area contributed by atoms with E-state index in [9.17, 15) is 0 Å². The fraction of sp³-hybridized carbons (Fsp3) is 0.692. The summed E-state index contributed by atoms with van der Waals surface area (Å²) in [5.74, 6) is 0.820. The highest BCUT2D eigenvalue weighted by atomic mass is 32.1. The normalized spacial score (nSPS) is 27.1. The van der Waals surface area contributed by atoms with Crippen LogP contribution in [0, 0.1) is 5.92 Å². The molecule has 0 radical (unpaired) electrons. The molecule has 1 aromatic rings. The van der Waals surface area contributed by atoms with E-state index in [0.29, 0.717) is 6.04 Å². The zero-order chi connectivity index (χ0) is 11.4. The third kappa shape index (κ3) is 3.06. The Morgan fingerprint density at radius 2 is 2.38 bits per heavy atom. The summed E-state index contributed by atoms with van der Waals surface area (Å²) >= 11 is 1.81. The van der Waals surface area contributed by atoms with Gasteiger partial charge >= 0.3 is 0 Å². The fourth-order valence-electron chi connectivity index (χ4n) is 2.66. The summed E-state index contributed by atoms with van der Waals surface area (Å²) in [5.41, 5.74) is 1.52. The van der Waals surface area contributed by atoms with Gasteiger partial charge in [0.2, 0.25) is 0 Å². The second-order valence-corrected chi connectivity index (χ2v) is 5.56. The standard InChI is InChI=1S/C13H22N2S/c1-3-15-8-12(7-13(9-15)14-2)6-11-4-5-16-10-11/h4-5,10,12-14H,3,6-9H2,1-2H3. The largest absolute Gasteiger partial charge is 0.316 e. The Hall–Kier alpha value is -0.380. The molecule has 1 saturated heterocycles. The molecule has 0 amide bonds. The number of rotatable bonds is 4. The molecule has 1 fully saturated rings. The first-order valence-electron chi connectivity index (χ1n) is 6.22. The van der Waals surface area contributed by atoms with E-state index in [0.717, 1.165) is 5.92 Å². The number of likely N-dealkylation sites (tertiary alicyclic amines) is 1. The molecule has 2 heterocycles. The topological polar surface area (TPSA) is 15.3 Å². The van der Waals surface area contributed by atoms with Gasteiger partial charge in [0, 0.05) is 19.1 Å². The number of hydrogen-bond acceptors (Lipinski definition) is 3. The third-order valence-electron chi connectivity index (χ3n) is 3.57. The van der Waals surface area contributed by atoms with Gasteiger partial charge in [0.05, 0.1) is 0 Å². The average molecular weight is 238 g/mol. The van der Waals surface area contributed by atoms with Crippen molar-refractivity contribution in [3.8, 4) is 0 Å². The fourth-order valence-corrected chi connectivity index (χ4v) is 3.34. The van der Waals surface area contributed by atoms with Crippen molar-refractivity contribution >= 4 is 11.3 Å². The van der Waals surface area contributed by atoms with E-state index >= 15 is 0 Å². The van der Waals surface area contributed by atoms with Crippen LogP contribution < -0.4 is 5.32 Å². The first-order valence-corrected chi connectivity index (χ1v) is 7.16. The van der Waals surface area contributed by atoms with Crippen LogP contribution >= 0.6 is 11.3 Å². The Bertz CT molecular complexity index is 285. The molecule has 1 N–H and O–H groups in total. The van der Waals surface area contributed by atoms with Crippen molar-refractivity contribution in [3.05, 3.63) is 22.4 Å². The van der Waals surface area contributed by atoms with Gasteiger partial charge in [-0.25, -0.2) is 0 Å². The van der Waals surface area contributed by atoms with Gasteiger partial charge in [0.1, 0.15) is 0 Å². The Labute approximate surface area is 103 Å². The van der Waals surface area contributed by atoms with Gasteiger partial charge < -0.3 is 10.2 Å². The predicted molar refractivity (Wildman–Crippen MR) is 71.1 cm³/mol. The maximum absolute atomic E-state index is 3.44. The van der Waals surface area contributed by atoms with E-state index < -0.39 is 0 Å². The second kappa shape index (κ2) is 5.80. The van der Waals surface area contributed by atoms with Crippen molar-refractivity contribution in [1.29, 1.82) is 0 Å². The lowest BCUT2D eigenvalue weighted by Crippen LogP contribution is -2.48. The van der Waals surface area contributed by atoms with Crippen molar-refractivity contribution in [1.82, 2.24) is 10.2 Å². The summed E-state index contributed by atoms with van der Waals surface area (Å²) in [6.07, 6.45) is 2.57. The highest BCUT2D eigenvalue weighted by molar-refractivity contribution is 7.07. The Kier molecular flexibility index (Phi) is 4.38. The molecule has 1 aromatic heterocycles. The highest BCUT2D eigenvalue weighted by Gasteiger charge is 2.25. The van der Waals surface area contributed by atoms with E-state index in [1.165, 1.54) is 38.0 Å². The molecule has 2 nitrogen and oxygen atoms in total. The molecule has 0 bridgehead atoms. The molecule has 1 aliphatic rings. The van der Waals surface area contributed by atoms with Gasteiger partial charge in [-0.1, -0.05) is 6.92 Å². The van der Waals surface area contributed by atoms with Crippen LogP contribution in [0.2, 0.25) is 0 Å². The molecule has 2 rings (SSSR count). The number of likely N-dealkylation sites (N-methyl/N-ethyl adjacent to an activating group) is 2. The second-order valence-electron chi connectivity index (χ2n) is 4.78. The third-order valence-corrected chi connectivity index (χ3v) is 4.30. The van der Waals surface area contributed by atoms with Gasteiger partial charge in [-0.05, 0) is 54.7 Å². The van der Waals surface area contributed by atoms with Crippen LogP contribution in [0.25, 0.3) is 0 Å². The maximum atomic E-state index is 3.44. The minimum absolute atomic E-state index is 0.678. The summed E-state index contributed by atoms with van der Waals surface area (Å²) in [5, 5.41) is 7.92. The molecule has 0 aromatic carbocycles. The Morgan fingerprint density at radius 1 is 1.50 bits per heavy atom. The number of nitrogens with one attached hydrogen (secondary N) is 1. The molecule has 2 unspecified atom stereocenters. The van der Waals surface area contributed by atoms with Crippen molar-refractivity contribution in [2.24, 2.45) is 5.92 Å². The quantitative estimate of drug-likeness (QED) is 0.865. The van der Waals surface area contributed by atoms with Crippen LogP contribution in [-0.2, 0) is 6.42 Å². The van der Waals surface area contributed by atoms with Crippen LogP contribution in [0.1, 0.15) is 18.9 Å². The molecule has 0 saturated carbocycles. The van der Waals surface area contributed by atoms with E-state index in [2.05, 4.69) is 41.0 Å². The zero-order valence-electron chi connectivity index (χ0n) is 10.3. The van der Waals surface area contributed by atoms with E-state index in [4.69, 9.17) is 0 Å². The van der Waals surface area contributed by atoms with Gasteiger partial charge in [-0.3, -0.25) is 0 Å². The summed E-state index contributed by atoms with van der Waals surface area (Å²) < 4.78 is 0. The lowest BCUT2D eigenvalue weighted by molar-refractivity contribution is 0.151. The lowest BCUT2D eigenvalue weighted by atomic mass is 9.89. The number of nitrogens with zero attached hydrogens (tertiary/aromatic N) is 1. The van der Waals surface area contributed by atoms with E-state index in [-0.39, 0.29) is 0 Å². The summed E-state index contributed by atoms with van der Waals surface area (Å²) in [6, 6.07) is 2.95. The minimum Gasteiger partial charge on any atom is -0.316 e. The molecule has 0 spiro atoms. The predicted octanol–water partition coefficient (Wildman–Crippen LogP) is 2.22. The smallest absolute Gasteiger partial charge is 0.0195 e. The Balaban J connectivity index is 1.93. The number of thiophene rings is 1. The van der Waals surface area contributed by atoms with Gasteiger partial charge in [-0.15, -0.1) is 0 Å². The van der Waals surface area contributed by atoms with Gasteiger partial charge in [0.15, 0.2) is 0 Å². The molecule has 1 aliphatic heterocycles. The monoisotopic (exact) mass is 238 g/mol. The molecule has 2 atom stereocenters. The Morgan fingerprint density at radius 3 is 3.00 bits per heavy atom. The first-order chi connectivity index (χ1) is 7.81. The van der Waals surface area contributed by atoms with Crippen molar-refractivity contribution in [2.75, 3.05) is 26.7 Å². The van der Waals surface area contributed by atoms with Gasteiger partial charge in [-0.2, -0.15) is 11.3 Å². The van der Waals surface area contributed by atoms with Crippen LogP contribution in [0.3, 0.4) is 0 Å². The van der Waals surface area contributed by atoms with E-state index in [1.54, 1.807) is 0 Å². The summed E-state index contributed by atoms with van der Waals surface area (Å²) in [6.45, 7) is 5.93. The average Bonchev–Trinajstić information content (AvgIpc) is 2.81. The van der Waals surface area contributed by atoms with Crippen LogP contribution in [0.4, 0.5) is 0 Å². The lowest BCUT2D eigenvalue weighted by Gasteiger charge is -2.37. The molecule has 16 heavy (non-hydrogen) atoms. The minimum atomic E-state index is 0.678. The van der Waals surface area contributed by atoms with Crippen LogP contribution in [-0.4, -0.2) is 37.6 Å². The van der Waals surface area contributed by atoms with Crippen molar-refractivity contribution < 1.29 is 0 Å². The summed E-state index contributed by atoms with van der Waals surface area (Å²) in [7, 11) is 2.09. The van der Waals surface area contributed by atoms with Crippen molar-refractivity contribution in [3.63, 3.8) is 0 Å². The number of piperidine rings is 1. The molecular formula is C13H22N2S. The maximum Gasteiger partial charge on any atom is 0.0195 e. The highest BCUT2D eigenvalue weighted by Crippen LogP contribution is 2.22. The molecule has 90 valence electrons. The zero-order valence-corrected chi connectivity index (χ0v) is 11.1. The molecule has 0 aliphatic carbocycles. The molecule has 3 heteroatoms.